The Labute approximate surface area is 127 Å². The second kappa shape index (κ2) is 6.07. The molecule has 1 aromatic carbocycles. The molecular formula is C16H24N2O2S. The third kappa shape index (κ3) is 4.80. The maximum absolute atomic E-state index is 12.1. The number of nitrogens with one attached hydrogen (secondary N) is 2. The average Bonchev–Trinajstić information content (AvgIpc) is 3.32. The SMILES string of the molecule is CC1CC1CNS(=O)(=O)Cc1cccc(CNC2CC2)c1. The summed E-state index contributed by atoms with van der Waals surface area (Å²) < 4.78 is 26.9. The highest BCUT2D eigenvalue weighted by molar-refractivity contribution is 7.88. The highest BCUT2D eigenvalue weighted by Gasteiger charge is 2.33. The lowest BCUT2D eigenvalue weighted by atomic mass is 10.1. The fraction of sp³-hybridized carbons (Fsp3) is 0.625. The van der Waals surface area contributed by atoms with Gasteiger partial charge in [-0.1, -0.05) is 31.2 Å². The zero-order valence-corrected chi connectivity index (χ0v) is 13.3. The van der Waals surface area contributed by atoms with Crippen molar-refractivity contribution >= 4 is 10.0 Å². The summed E-state index contributed by atoms with van der Waals surface area (Å²) in [7, 11) is -3.22. The predicted octanol–water partition coefficient (Wildman–Crippen LogP) is 2.01. The zero-order chi connectivity index (χ0) is 14.9. The van der Waals surface area contributed by atoms with Crippen LogP contribution in [0, 0.1) is 11.8 Å². The molecule has 2 atom stereocenters. The van der Waals surface area contributed by atoms with Crippen LogP contribution in [0.5, 0.6) is 0 Å². The molecule has 0 aliphatic heterocycles. The van der Waals surface area contributed by atoms with Crippen molar-refractivity contribution in [2.24, 2.45) is 11.8 Å². The Kier molecular flexibility index (Phi) is 4.33. The van der Waals surface area contributed by atoms with E-state index in [1.54, 1.807) is 0 Å². The molecule has 0 amide bonds. The van der Waals surface area contributed by atoms with E-state index in [-0.39, 0.29) is 5.75 Å². The van der Waals surface area contributed by atoms with Gasteiger partial charge in [-0.3, -0.25) is 0 Å². The van der Waals surface area contributed by atoms with Gasteiger partial charge in [0.05, 0.1) is 5.75 Å². The number of rotatable bonds is 8. The molecule has 5 heteroatoms. The highest BCUT2D eigenvalue weighted by atomic mass is 32.2. The maximum Gasteiger partial charge on any atom is 0.215 e. The molecule has 0 radical (unpaired) electrons. The molecule has 4 nitrogen and oxygen atoms in total. The maximum atomic E-state index is 12.1. The molecule has 0 heterocycles. The Morgan fingerprint density at radius 3 is 2.62 bits per heavy atom. The van der Waals surface area contributed by atoms with Gasteiger partial charge in [-0.05, 0) is 42.2 Å². The van der Waals surface area contributed by atoms with Crippen molar-refractivity contribution in [3.8, 4) is 0 Å². The molecular weight excluding hydrogens is 284 g/mol. The van der Waals surface area contributed by atoms with Crippen LogP contribution in [-0.2, 0) is 22.3 Å². The monoisotopic (exact) mass is 308 g/mol. The molecule has 2 unspecified atom stereocenters. The van der Waals surface area contributed by atoms with Gasteiger partial charge in [0.1, 0.15) is 0 Å². The van der Waals surface area contributed by atoms with Gasteiger partial charge < -0.3 is 5.32 Å². The summed E-state index contributed by atoms with van der Waals surface area (Å²) in [4.78, 5) is 0. The number of sulfonamides is 1. The summed E-state index contributed by atoms with van der Waals surface area (Å²) in [5, 5.41) is 3.45. The minimum absolute atomic E-state index is 0.0748. The average molecular weight is 308 g/mol. The molecule has 2 N–H and O–H groups in total. The fourth-order valence-electron chi connectivity index (χ4n) is 2.57. The first-order chi connectivity index (χ1) is 10.0. The van der Waals surface area contributed by atoms with Gasteiger partial charge in [0, 0.05) is 19.1 Å². The molecule has 3 rings (SSSR count). The van der Waals surface area contributed by atoms with Crippen LogP contribution >= 0.6 is 0 Å². The van der Waals surface area contributed by atoms with Crippen molar-refractivity contribution < 1.29 is 8.42 Å². The van der Waals surface area contributed by atoms with Crippen LogP contribution in [0.4, 0.5) is 0 Å². The van der Waals surface area contributed by atoms with E-state index in [0.29, 0.717) is 24.4 Å². The van der Waals surface area contributed by atoms with Crippen LogP contribution in [-0.4, -0.2) is 21.0 Å². The van der Waals surface area contributed by atoms with Crippen LogP contribution in [0.1, 0.15) is 37.3 Å². The Morgan fingerprint density at radius 1 is 1.24 bits per heavy atom. The van der Waals surface area contributed by atoms with Gasteiger partial charge in [0.15, 0.2) is 0 Å². The zero-order valence-electron chi connectivity index (χ0n) is 12.5. The number of benzene rings is 1. The Balaban J connectivity index is 1.53. The third-order valence-corrected chi connectivity index (χ3v) is 5.68. The second-order valence-corrected chi connectivity index (χ2v) is 8.36. The summed E-state index contributed by atoms with van der Waals surface area (Å²) in [6.45, 7) is 3.58. The first kappa shape index (κ1) is 15.0. The van der Waals surface area contributed by atoms with Gasteiger partial charge in [0.25, 0.3) is 0 Å². The van der Waals surface area contributed by atoms with Gasteiger partial charge in [0.2, 0.25) is 10.0 Å². The molecule has 0 spiro atoms. The van der Waals surface area contributed by atoms with E-state index in [0.717, 1.165) is 24.1 Å². The summed E-state index contributed by atoms with van der Waals surface area (Å²) in [6.07, 6.45) is 3.67. The lowest BCUT2D eigenvalue weighted by Gasteiger charge is -2.08. The van der Waals surface area contributed by atoms with Crippen molar-refractivity contribution in [3.05, 3.63) is 35.4 Å². The van der Waals surface area contributed by atoms with Crippen molar-refractivity contribution in [3.63, 3.8) is 0 Å². The highest BCUT2D eigenvalue weighted by Crippen LogP contribution is 2.36. The third-order valence-electron chi connectivity index (χ3n) is 4.36. The first-order valence-corrected chi connectivity index (χ1v) is 9.45. The number of hydrogen-bond acceptors (Lipinski definition) is 3. The summed E-state index contributed by atoms with van der Waals surface area (Å²) >= 11 is 0. The Bertz CT molecular complexity index is 596. The van der Waals surface area contributed by atoms with Crippen LogP contribution in [0.2, 0.25) is 0 Å². The van der Waals surface area contributed by atoms with Crippen LogP contribution in [0.25, 0.3) is 0 Å². The van der Waals surface area contributed by atoms with Crippen LogP contribution in [0.3, 0.4) is 0 Å². The molecule has 2 aliphatic rings. The van der Waals surface area contributed by atoms with E-state index >= 15 is 0 Å². The van der Waals surface area contributed by atoms with Gasteiger partial charge in [-0.25, -0.2) is 13.1 Å². The molecule has 0 bridgehead atoms. The largest absolute Gasteiger partial charge is 0.310 e. The van der Waals surface area contributed by atoms with Crippen LogP contribution in [0.15, 0.2) is 24.3 Å². The normalized spacial score (nSPS) is 25.0. The standard InChI is InChI=1S/C16H24N2O2S/c1-12-7-15(12)10-18-21(19,20)11-14-4-2-3-13(8-14)9-17-16-5-6-16/h2-4,8,12,15-18H,5-7,9-11H2,1H3. The lowest BCUT2D eigenvalue weighted by molar-refractivity contribution is 0.573. The van der Waals surface area contributed by atoms with Crippen LogP contribution < -0.4 is 10.0 Å². The number of hydrogen-bond donors (Lipinski definition) is 2. The van der Waals surface area contributed by atoms with Crippen molar-refractivity contribution in [1.82, 2.24) is 10.0 Å². The second-order valence-electron chi connectivity index (χ2n) is 6.56. The molecule has 116 valence electrons. The summed E-state index contributed by atoms with van der Waals surface area (Å²) in [6, 6.07) is 8.54. The van der Waals surface area contributed by atoms with E-state index in [4.69, 9.17) is 0 Å². The van der Waals surface area contributed by atoms with E-state index in [1.165, 1.54) is 12.8 Å². The molecule has 21 heavy (non-hydrogen) atoms. The Morgan fingerprint density at radius 2 is 1.95 bits per heavy atom. The first-order valence-electron chi connectivity index (χ1n) is 7.80. The van der Waals surface area contributed by atoms with E-state index < -0.39 is 10.0 Å². The Hall–Kier alpha value is -0.910. The minimum atomic E-state index is -3.22. The smallest absolute Gasteiger partial charge is 0.215 e. The fourth-order valence-corrected chi connectivity index (χ4v) is 3.76. The molecule has 2 aliphatic carbocycles. The van der Waals surface area contributed by atoms with Gasteiger partial charge in [-0.2, -0.15) is 0 Å². The predicted molar refractivity (Wildman–Crippen MR) is 84.2 cm³/mol. The summed E-state index contributed by atoms with van der Waals surface area (Å²) in [5.41, 5.74) is 2.02. The summed E-state index contributed by atoms with van der Waals surface area (Å²) in [5.74, 6) is 1.28. The van der Waals surface area contributed by atoms with Crippen molar-refractivity contribution in [2.75, 3.05) is 6.54 Å². The molecule has 2 saturated carbocycles. The molecule has 2 fully saturated rings. The van der Waals surface area contributed by atoms with E-state index in [2.05, 4.69) is 17.0 Å². The quantitative estimate of drug-likeness (QED) is 0.772. The van der Waals surface area contributed by atoms with E-state index in [9.17, 15) is 8.42 Å². The van der Waals surface area contributed by atoms with E-state index in [1.807, 2.05) is 24.3 Å². The topological polar surface area (TPSA) is 58.2 Å². The van der Waals surface area contributed by atoms with Gasteiger partial charge in [-0.15, -0.1) is 0 Å². The molecule has 0 saturated heterocycles. The molecule has 0 aromatic heterocycles. The molecule has 1 aromatic rings. The minimum Gasteiger partial charge on any atom is -0.310 e. The lowest BCUT2D eigenvalue weighted by Crippen LogP contribution is -2.27. The van der Waals surface area contributed by atoms with Crippen molar-refractivity contribution in [1.29, 1.82) is 0 Å². The van der Waals surface area contributed by atoms with Crippen molar-refractivity contribution in [2.45, 2.75) is 44.5 Å². The van der Waals surface area contributed by atoms with Gasteiger partial charge >= 0.3 is 0 Å².